The molecule has 2 N–H and O–H groups in total. The number of nitrogens with one attached hydrogen (secondary N) is 1. The average Bonchev–Trinajstić information content (AvgIpc) is 2.90. The molecule has 126 valence electrons. The van der Waals surface area contributed by atoms with Gasteiger partial charge in [-0.3, -0.25) is 4.68 Å². The summed E-state index contributed by atoms with van der Waals surface area (Å²) in [6.45, 7) is 1.37. The molecule has 1 aliphatic heterocycles. The molecule has 0 bridgehead atoms. The Morgan fingerprint density at radius 2 is 2.04 bits per heavy atom. The number of hydrogen-bond donors (Lipinski definition) is 2. The summed E-state index contributed by atoms with van der Waals surface area (Å²) >= 11 is 0. The van der Waals surface area contributed by atoms with Crippen LogP contribution in [-0.2, 0) is 26.4 Å². The fraction of sp³-hybridized carbons (Fsp3) is 0.353. The third-order valence-electron chi connectivity index (χ3n) is 4.22. The average molecular weight is 328 g/mol. The summed E-state index contributed by atoms with van der Waals surface area (Å²) in [6.07, 6.45) is 1.33. The first-order valence-electron chi connectivity index (χ1n) is 7.91. The molecule has 1 aromatic heterocycles. The summed E-state index contributed by atoms with van der Waals surface area (Å²) < 4.78 is 1.38. The van der Waals surface area contributed by atoms with Crippen LogP contribution in [0.2, 0.25) is 0 Å². The van der Waals surface area contributed by atoms with E-state index in [-0.39, 0.29) is 18.3 Å². The van der Waals surface area contributed by atoms with Crippen LogP contribution in [0.4, 0.5) is 4.79 Å². The fourth-order valence-corrected chi connectivity index (χ4v) is 3.01. The molecule has 0 fully saturated rings. The van der Waals surface area contributed by atoms with Crippen molar-refractivity contribution in [1.82, 2.24) is 20.0 Å². The van der Waals surface area contributed by atoms with Crippen LogP contribution < -0.4 is 5.32 Å². The van der Waals surface area contributed by atoms with Gasteiger partial charge in [0.1, 0.15) is 0 Å². The van der Waals surface area contributed by atoms with Crippen molar-refractivity contribution in [2.45, 2.75) is 19.4 Å². The van der Waals surface area contributed by atoms with Crippen molar-refractivity contribution in [2.75, 3.05) is 13.1 Å². The second-order valence-electron chi connectivity index (χ2n) is 5.84. The normalized spacial score (nSPS) is 13.5. The lowest BCUT2D eigenvalue weighted by Crippen LogP contribution is -2.43. The highest BCUT2D eigenvalue weighted by Gasteiger charge is 2.28. The lowest BCUT2D eigenvalue weighted by atomic mass is 10.1. The van der Waals surface area contributed by atoms with E-state index in [0.29, 0.717) is 25.1 Å². The highest BCUT2D eigenvalue weighted by Crippen LogP contribution is 2.21. The molecule has 7 heteroatoms. The van der Waals surface area contributed by atoms with Crippen LogP contribution in [0, 0.1) is 0 Å². The molecule has 24 heavy (non-hydrogen) atoms. The largest absolute Gasteiger partial charge is 0.477 e. The Hall–Kier alpha value is -2.83. The lowest BCUT2D eigenvalue weighted by Gasteiger charge is -2.26. The summed E-state index contributed by atoms with van der Waals surface area (Å²) in [5, 5.41) is 16.5. The SMILES string of the molecule is Cn1nc2c(c1C(=O)O)CN(C(=O)NCCc1ccccc1)CC2. The molecule has 2 aromatic rings. The zero-order chi connectivity index (χ0) is 17.1. The van der Waals surface area contributed by atoms with Crippen LogP contribution in [0.1, 0.15) is 27.3 Å². The number of fused-ring (bicyclic) bond motifs is 1. The topological polar surface area (TPSA) is 87.5 Å². The van der Waals surface area contributed by atoms with Gasteiger partial charge in [0.25, 0.3) is 0 Å². The molecular formula is C17H20N4O3. The Labute approximate surface area is 139 Å². The minimum absolute atomic E-state index is 0.159. The standard InChI is InChI=1S/C17H20N4O3/c1-20-15(16(22)23)13-11-21(10-8-14(13)19-20)17(24)18-9-7-12-5-3-2-4-6-12/h2-6H,7-11H2,1H3,(H,18,24)(H,22,23). The predicted molar refractivity (Wildman–Crippen MR) is 87.8 cm³/mol. The molecular weight excluding hydrogens is 308 g/mol. The number of aromatic carboxylic acids is 1. The van der Waals surface area contributed by atoms with Gasteiger partial charge in [-0.2, -0.15) is 5.10 Å². The number of aryl methyl sites for hydroxylation is 1. The number of rotatable bonds is 4. The summed E-state index contributed by atoms with van der Waals surface area (Å²) in [5.74, 6) is -1.02. The van der Waals surface area contributed by atoms with E-state index >= 15 is 0 Å². The second-order valence-corrected chi connectivity index (χ2v) is 5.84. The second kappa shape index (κ2) is 6.74. The number of carboxylic acid groups (broad SMARTS) is 1. The minimum atomic E-state index is -1.02. The van der Waals surface area contributed by atoms with Crippen molar-refractivity contribution in [3.8, 4) is 0 Å². The first-order valence-corrected chi connectivity index (χ1v) is 7.91. The molecule has 1 aromatic carbocycles. The first kappa shape index (κ1) is 16.0. The number of nitrogens with zero attached hydrogens (tertiary/aromatic N) is 3. The number of urea groups is 1. The maximum atomic E-state index is 12.3. The van der Waals surface area contributed by atoms with Gasteiger partial charge in [0, 0.05) is 32.1 Å². The van der Waals surface area contributed by atoms with Crippen LogP contribution >= 0.6 is 0 Å². The Bertz CT molecular complexity index is 755. The van der Waals surface area contributed by atoms with E-state index in [2.05, 4.69) is 10.4 Å². The van der Waals surface area contributed by atoms with Crippen LogP contribution in [0.15, 0.2) is 30.3 Å². The first-order chi connectivity index (χ1) is 11.6. The van der Waals surface area contributed by atoms with Crippen LogP contribution in [0.3, 0.4) is 0 Å². The van der Waals surface area contributed by atoms with E-state index in [9.17, 15) is 14.7 Å². The third kappa shape index (κ3) is 3.24. The Kier molecular flexibility index (Phi) is 4.50. The number of hydrogen-bond acceptors (Lipinski definition) is 3. The number of carboxylic acids is 1. The molecule has 2 heterocycles. The number of carbonyl (C=O) groups is 2. The molecule has 3 rings (SSSR count). The molecule has 0 radical (unpaired) electrons. The molecule has 0 saturated heterocycles. The van der Waals surface area contributed by atoms with Crippen molar-refractivity contribution < 1.29 is 14.7 Å². The zero-order valence-corrected chi connectivity index (χ0v) is 13.5. The van der Waals surface area contributed by atoms with Crippen LogP contribution in [0.25, 0.3) is 0 Å². The molecule has 0 unspecified atom stereocenters. The molecule has 0 saturated carbocycles. The number of amides is 2. The highest BCUT2D eigenvalue weighted by molar-refractivity contribution is 5.88. The van der Waals surface area contributed by atoms with E-state index in [0.717, 1.165) is 12.1 Å². The minimum Gasteiger partial charge on any atom is -0.477 e. The molecule has 1 aliphatic rings. The van der Waals surface area contributed by atoms with Gasteiger partial charge in [0.2, 0.25) is 0 Å². The van der Waals surface area contributed by atoms with Gasteiger partial charge in [0.05, 0.1) is 12.2 Å². The smallest absolute Gasteiger partial charge is 0.354 e. The van der Waals surface area contributed by atoms with Crippen LogP contribution in [-0.4, -0.2) is 44.9 Å². The van der Waals surface area contributed by atoms with E-state index < -0.39 is 5.97 Å². The lowest BCUT2D eigenvalue weighted by molar-refractivity contribution is 0.0682. The Balaban J connectivity index is 1.60. The van der Waals surface area contributed by atoms with Gasteiger partial charge in [-0.1, -0.05) is 30.3 Å². The summed E-state index contributed by atoms with van der Waals surface area (Å²) in [5.41, 5.74) is 2.73. The number of benzene rings is 1. The number of carbonyl (C=O) groups excluding carboxylic acids is 1. The molecule has 0 aliphatic carbocycles. The molecule has 2 amide bonds. The van der Waals surface area contributed by atoms with E-state index in [4.69, 9.17) is 0 Å². The van der Waals surface area contributed by atoms with Gasteiger partial charge in [-0.15, -0.1) is 0 Å². The highest BCUT2D eigenvalue weighted by atomic mass is 16.4. The summed E-state index contributed by atoms with van der Waals surface area (Å²) in [7, 11) is 1.62. The monoisotopic (exact) mass is 328 g/mol. The van der Waals surface area contributed by atoms with Crippen molar-refractivity contribution in [2.24, 2.45) is 7.05 Å². The maximum Gasteiger partial charge on any atom is 0.354 e. The van der Waals surface area contributed by atoms with E-state index in [1.54, 1.807) is 11.9 Å². The van der Waals surface area contributed by atoms with Crippen molar-refractivity contribution in [3.05, 3.63) is 52.8 Å². The van der Waals surface area contributed by atoms with E-state index in [1.807, 2.05) is 30.3 Å². The summed E-state index contributed by atoms with van der Waals surface area (Å²) in [6, 6.07) is 9.78. The Morgan fingerprint density at radius 3 is 2.75 bits per heavy atom. The summed E-state index contributed by atoms with van der Waals surface area (Å²) in [4.78, 5) is 25.3. The third-order valence-corrected chi connectivity index (χ3v) is 4.22. The van der Waals surface area contributed by atoms with Crippen molar-refractivity contribution in [1.29, 1.82) is 0 Å². The van der Waals surface area contributed by atoms with Crippen molar-refractivity contribution in [3.63, 3.8) is 0 Å². The van der Waals surface area contributed by atoms with E-state index in [1.165, 1.54) is 10.2 Å². The van der Waals surface area contributed by atoms with Crippen LogP contribution in [0.5, 0.6) is 0 Å². The number of aromatic nitrogens is 2. The van der Waals surface area contributed by atoms with Gasteiger partial charge >= 0.3 is 12.0 Å². The van der Waals surface area contributed by atoms with Gasteiger partial charge in [-0.05, 0) is 12.0 Å². The quantitative estimate of drug-likeness (QED) is 0.889. The van der Waals surface area contributed by atoms with Gasteiger partial charge in [0.15, 0.2) is 5.69 Å². The fourth-order valence-electron chi connectivity index (χ4n) is 3.01. The Morgan fingerprint density at radius 1 is 1.29 bits per heavy atom. The molecule has 7 nitrogen and oxygen atoms in total. The predicted octanol–water partition coefficient (Wildman–Crippen LogP) is 1.43. The molecule has 0 spiro atoms. The van der Waals surface area contributed by atoms with Crippen molar-refractivity contribution >= 4 is 12.0 Å². The van der Waals surface area contributed by atoms with Gasteiger partial charge in [-0.25, -0.2) is 9.59 Å². The zero-order valence-electron chi connectivity index (χ0n) is 13.5. The molecule has 0 atom stereocenters. The van der Waals surface area contributed by atoms with Gasteiger partial charge < -0.3 is 15.3 Å². The maximum absolute atomic E-state index is 12.3.